The number of aliphatic hydroxyl groups excluding tert-OH is 1. The zero-order valence-corrected chi connectivity index (χ0v) is 13.9. The first kappa shape index (κ1) is 18.4. The molecule has 6 nitrogen and oxygen atoms in total. The standard InChI is InChI=1S/C16H27N3O3/c1-13(20)12-19(15(21)22-16(2,3)4)10-9-17-11-14-7-5-6-8-18-14/h5-8,13,17,20H,9-12H2,1-4H3. The highest BCUT2D eigenvalue weighted by molar-refractivity contribution is 5.68. The molecular formula is C16H27N3O3. The van der Waals surface area contributed by atoms with E-state index in [1.807, 2.05) is 39.0 Å². The molecule has 22 heavy (non-hydrogen) atoms. The highest BCUT2D eigenvalue weighted by atomic mass is 16.6. The van der Waals surface area contributed by atoms with E-state index in [4.69, 9.17) is 4.74 Å². The molecule has 0 aliphatic heterocycles. The second kappa shape index (κ2) is 8.70. The van der Waals surface area contributed by atoms with Crippen LogP contribution in [0.15, 0.2) is 24.4 Å². The van der Waals surface area contributed by atoms with Crippen molar-refractivity contribution in [2.24, 2.45) is 0 Å². The summed E-state index contributed by atoms with van der Waals surface area (Å²) in [6, 6.07) is 5.75. The van der Waals surface area contributed by atoms with Gasteiger partial charge in [-0.1, -0.05) is 6.07 Å². The third-order valence-electron chi connectivity index (χ3n) is 2.73. The molecule has 1 atom stereocenters. The van der Waals surface area contributed by atoms with E-state index in [-0.39, 0.29) is 6.54 Å². The van der Waals surface area contributed by atoms with Crippen LogP contribution in [0.25, 0.3) is 0 Å². The lowest BCUT2D eigenvalue weighted by molar-refractivity contribution is 0.0164. The van der Waals surface area contributed by atoms with Crippen LogP contribution in [0.2, 0.25) is 0 Å². The molecule has 1 aromatic rings. The van der Waals surface area contributed by atoms with Gasteiger partial charge in [0.05, 0.1) is 11.8 Å². The number of pyridine rings is 1. The van der Waals surface area contributed by atoms with E-state index in [1.165, 1.54) is 4.90 Å². The predicted molar refractivity (Wildman–Crippen MR) is 85.4 cm³/mol. The first-order chi connectivity index (χ1) is 10.3. The van der Waals surface area contributed by atoms with Gasteiger partial charge in [0.15, 0.2) is 0 Å². The van der Waals surface area contributed by atoms with Gasteiger partial charge in [-0.05, 0) is 39.8 Å². The van der Waals surface area contributed by atoms with Crippen molar-refractivity contribution in [2.75, 3.05) is 19.6 Å². The molecular weight excluding hydrogens is 282 g/mol. The van der Waals surface area contributed by atoms with E-state index in [2.05, 4.69) is 10.3 Å². The number of rotatable bonds is 7. The van der Waals surface area contributed by atoms with Crippen LogP contribution in [0.3, 0.4) is 0 Å². The number of aromatic nitrogens is 1. The van der Waals surface area contributed by atoms with E-state index < -0.39 is 17.8 Å². The van der Waals surface area contributed by atoms with Crippen LogP contribution >= 0.6 is 0 Å². The molecule has 1 unspecified atom stereocenters. The first-order valence-corrected chi connectivity index (χ1v) is 7.54. The van der Waals surface area contributed by atoms with Crippen LogP contribution in [0.4, 0.5) is 4.79 Å². The van der Waals surface area contributed by atoms with Crippen LogP contribution < -0.4 is 5.32 Å². The first-order valence-electron chi connectivity index (χ1n) is 7.54. The summed E-state index contributed by atoms with van der Waals surface area (Å²) in [6.07, 6.45) is 0.744. The Morgan fingerprint density at radius 2 is 2.18 bits per heavy atom. The van der Waals surface area contributed by atoms with E-state index >= 15 is 0 Å². The number of ether oxygens (including phenoxy) is 1. The van der Waals surface area contributed by atoms with Crippen LogP contribution in [-0.2, 0) is 11.3 Å². The zero-order chi connectivity index (χ0) is 16.6. The van der Waals surface area contributed by atoms with Gasteiger partial charge in [0.2, 0.25) is 0 Å². The molecule has 1 heterocycles. The molecule has 124 valence electrons. The largest absolute Gasteiger partial charge is 0.444 e. The van der Waals surface area contributed by atoms with Crippen LogP contribution in [0, 0.1) is 0 Å². The van der Waals surface area contributed by atoms with Gasteiger partial charge >= 0.3 is 6.09 Å². The van der Waals surface area contributed by atoms with Gasteiger partial charge in [0, 0.05) is 32.4 Å². The van der Waals surface area contributed by atoms with Gasteiger partial charge in [-0.25, -0.2) is 4.79 Å². The molecule has 0 bridgehead atoms. The van der Waals surface area contributed by atoms with Crippen molar-refractivity contribution in [1.82, 2.24) is 15.2 Å². The quantitative estimate of drug-likeness (QED) is 0.751. The summed E-state index contributed by atoms with van der Waals surface area (Å²) in [4.78, 5) is 17.8. The molecule has 0 radical (unpaired) electrons. The molecule has 1 aromatic heterocycles. The highest BCUT2D eigenvalue weighted by Gasteiger charge is 2.22. The van der Waals surface area contributed by atoms with Gasteiger partial charge in [-0.15, -0.1) is 0 Å². The van der Waals surface area contributed by atoms with Crippen LogP contribution in [0.1, 0.15) is 33.4 Å². The Bertz CT molecular complexity index is 444. The molecule has 1 rings (SSSR count). The predicted octanol–water partition coefficient (Wildman–Crippen LogP) is 1.79. The highest BCUT2D eigenvalue weighted by Crippen LogP contribution is 2.10. The van der Waals surface area contributed by atoms with Crippen molar-refractivity contribution in [2.45, 2.75) is 45.9 Å². The lowest BCUT2D eigenvalue weighted by atomic mass is 10.2. The van der Waals surface area contributed by atoms with Gasteiger partial charge in [-0.3, -0.25) is 4.98 Å². The summed E-state index contributed by atoms with van der Waals surface area (Å²) in [6.45, 7) is 9.08. The Balaban J connectivity index is 2.42. The lowest BCUT2D eigenvalue weighted by Crippen LogP contribution is -2.43. The average molecular weight is 309 g/mol. The molecule has 0 aliphatic rings. The molecule has 0 spiro atoms. The number of carbonyl (C=O) groups excluding carboxylic acids is 1. The number of amides is 1. The summed E-state index contributed by atoms with van der Waals surface area (Å²) >= 11 is 0. The number of nitrogens with one attached hydrogen (secondary N) is 1. The Morgan fingerprint density at radius 3 is 2.73 bits per heavy atom. The maximum atomic E-state index is 12.1. The van der Waals surface area contributed by atoms with E-state index in [1.54, 1.807) is 13.1 Å². The fraction of sp³-hybridized carbons (Fsp3) is 0.625. The fourth-order valence-corrected chi connectivity index (χ4v) is 1.84. The van der Waals surface area contributed by atoms with Crippen molar-refractivity contribution in [3.05, 3.63) is 30.1 Å². The third kappa shape index (κ3) is 7.95. The Morgan fingerprint density at radius 1 is 1.45 bits per heavy atom. The summed E-state index contributed by atoms with van der Waals surface area (Å²) in [5.41, 5.74) is 0.400. The molecule has 0 aromatic carbocycles. The second-order valence-electron chi connectivity index (χ2n) is 6.27. The van der Waals surface area contributed by atoms with Crippen molar-refractivity contribution >= 4 is 6.09 Å². The number of aliphatic hydroxyl groups is 1. The Labute approximate surface area is 132 Å². The topological polar surface area (TPSA) is 74.7 Å². The monoisotopic (exact) mass is 309 g/mol. The summed E-state index contributed by atoms with van der Waals surface area (Å²) in [7, 11) is 0. The van der Waals surface area contributed by atoms with Crippen LogP contribution in [-0.4, -0.2) is 52.4 Å². The molecule has 0 saturated heterocycles. The van der Waals surface area contributed by atoms with E-state index in [0.29, 0.717) is 19.6 Å². The summed E-state index contributed by atoms with van der Waals surface area (Å²) in [5, 5.41) is 12.8. The molecule has 0 fully saturated rings. The van der Waals surface area contributed by atoms with Crippen molar-refractivity contribution in [1.29, 1.82) is 0 Å². The van der Waals surface area contributed by atoms with Crippen molar-refractivity contribution in [3.63, 3.8) is 0 Å². The molecule has 0 aliphatic carbocycles. The smallest absolute Gasteiger partial charge is 0.410 e. The number of nitrogens with zero attached hydrogens (tertiary/aromatic N) is 2. The Kier molecular flexibility index (Phi) is 7.27. The molecule has 2 N–H and O–H groups in total. The lowest BCUT2D eigenvalue weighted by Gasteiger charge is -2.28. The second-order valence-corrected chi connectivity index (χ2v) is 6.27. The van der Waals surface area contributed by atoms with Gasteiger partial charge in [0.1, 0.15) is 5.60 Å². The molecule has 6 heteroatoms. The normalized spacial score (nSPS) is 12.8. The Hall–Kier alpha value is -1.66. The SMILES string of the molecule is CC(O)CN(CCNCc1ccccn1)C(=O)OC(C)(C)C. The van der Waals surface area contributed by atoms with Gasteiger partial charge < -0.3 is 20.1 Å². The van der Waals surface area contributed by atoms with Gasteiger partial charge in [0.25, 0.3) is 0 Å². The minimum atomic E-state index is -0.594. The minimum Gasteiger partial charge on any atom is -0.444 e. The van der Waals surface area contributed by atoms with Gasteiger partial charge in [-0.2, -0.15) is 0 Å². The van der Waals surface area contributed by atoms with Crippen LogP contribution in [0.5, 0.6) is 0 Å². The van der Waals surface area contributed by atoms with Crippen molar-refractivity contribution < 1.29 is 14.6 Å². The maximum absolute atomic E-state index is 12.1. The van der Waals surface area contributed by atoms with E-state index in [9.17, 15) is 9.90 Å². The zero-order valence-electron chi connectivity index (χ0n) is 13.9. The molecule has 1 amide bonds. The average Bonchev–Trinajstić information content (AvgIpc) is 2.41. The number of hydrogen-bond acceptors (Lipinski definition) is 5. The minimum absolute atomic E-state index is 0.250. The molecule has 0 saturated carbocycles. The summed E-state index contributed by atoms with van der Waals surface area (Å²) < 4.78 is 5.35. The fourth-order valence-electron chi connectivity index (χ4n) is 1.84. The summed E-state index contributed by atoms with van der Waals surface area (Å²) in [5.74, 6) is 0. The van der Waals surface area contributed by atoms with Crippen molar-refractivity contribution in [3.8, 4) is 0 Å². The number of hydrogen-bond donors (Lipinski definition) is 2. The third-order valence-corrected chi connectivity index (χ3v) is 2.73. The number of carbonyl (C=O) groups is 1. The van der Waals surface area contributed by atoms with E-state index in [0.717, 1.165) is 5.69 Å². The maximum Gasteiger partial charge on any atom is 0.410 e.